The van der Waals surface area contributed by atoms with E-state index in [4.69, 9.17) is 0 Å². The summed E-state index contributed by atoms with van der Waals surface area (Å²) in [6.45, 7) is 1.65. The summed E-state index contributed by atoms with van der Waals surface area (Å²) in [5.74, 6) is 0. The van der Waals surface area contributed by atoms with Gasteiger partial charge in [-0.3, -0.25) is 0 Å². The van der Waals surface area contributed by atoms with Gasteiger partial charge in [-0.05, 0) is 68.8 Å². The van der Waals surface area contributed by atoms with Gasteiger partial charge in [0, 0.05) is 31.5 Å². The monoisotopic (exact) mass is 582 g/mol. The van der Waals surface area contributed by atoms with Crippen molar-refractivity contribution in [1.82, 2.24) is 0 Å². The molecule has 6 aromatic carbocycles. The van der Waals surface area contributed by atoms with E-state index in [-0.39, 0.29) is 0 Å². The van der Waals surface area contributed by atoms with Crippen LogP contribution in [0.2, 0.25) is 0 Å². The molecule has 0 amide bonds. The topological polar surface area (TPSA) is 15.3 Å². The van der Waals surface area contributed by atoms with E-state index in [1.807, 2.05) is 0 Å². The van der Waals surface area contributed by atoms with Crippen molar-refractivity contribution in [2.45, 2.75) is 13.1 Å². The molecule has 0 bridgehead atoms. The van der Waals surface area contributed by atoms with Crippen LogP contribution in [-0.4, -0.2) is 7.05 Å². The maximum absolute atomic E-state index is 3.56. The molecule has 0 radical (unpaired) electrons. The molecule has 2 heteroatoms. The van der Waals surface area contributed by atoms with Crippen molar-refractivity contribution >= 4 is 22.5 Å². The van der Waals surface area contributed by atoms with Crippen molar-refractivity contribution in [3.05, 3.63) is 215 Å². The molecule has 220 valence electrons. The van der Waals surface area contributed by atoms with Gasteiger partial charge in [-0.2, -0.15) is 0 Å². The number of benzene rings is 6. The first-order valence-electron chi connectivity index (χ1n) is 15.5. The lowest BCUT2D eigenvalue weighted by Crippen LogP contribution is -2.16. The molecular formula is C43H38N2. The van der Waals surface area contributed by atoms with Gasteiger partial charge in [0.25, 0.3) is 0 Å². The van der Waals surface area contributed by atoms with Gasteiger partial charge in [0.15, 0.2) is 0 Å². The molecule has 45 heavy (non-hydrogen) atoms. The predicted octanol–water partition coefficient (Wildman–Crippen LogP) is 10.5. The van der Waals surface area contributed by atoms with Crippen LogP contribution < -0.4 is 10.2 Å². The second kappa shape index (κ2) is 14.7. The van der Waals surface area contributed by atoms with E-state index < -0.39 is 0 Å². The lowest BCUT2D eigenvalue weighted by molar-refractivity contribution is 0.923. The van der Waals surface area contributed by atoms with Gasteiger partial charge >= 0.3 is 0 Å². The van der Waals surface area contributed by atoms with E-state index in [0.717, 1.165) is 18.8 Å². The Morgan fingerprint density at radius 1 is 0.467 bits per heavy atom. The summed E-state index contributed by atoms with van der Waals surface area (Å²) in [7, 11) is 2.15. The van der Waals surface area contributed by atoms with Crippen LogP contribution in [-0.2, 0) is 13.1 Å². The fourth-order valence-electron chi connectivity index (χ4n) is 5.53. The molecule has 0 spiro atoms. The third-order valence-corrected chi connectivity index (χ3v) is 8.00. The SMILES string of the molecule is CN(Cc1ccccc1)c1ccc(C(=CC=C(c2ccccc2)c2ccccc2)c2ccc(NCc3ccccc3)cc2)cc1. The second-order valence-electron chi connectivity index (χ2n) is 11.2. The molecule has 0 aromatic heterocycles. The summed E-state index contributed by atoms with van der Waals surface area (Å²) in [5, 5.41) is 3.56. The predicted molar refractivity (Wildman–Crippen MR) is 192 cm³/mol. The van der Waals surface area contributed by atoms with Crippen molar-refractivity contribution in [2.24, 2.45) is 0 Å². The maximum atomic E-state index is 3.56. The number of rotatable bonds is 11. The highest BCUT2D eigenvalue weighted by Crippen LogP contribution is 2.30. The van der Waals surface area contributed by atoms with Gasteiger partial charge in [0.1, 0.15) is 0 Å². The van der Waals surface area contributed by atoms with Gasteiger partial charge < -0.3 is 10.2 Å². The standard InChI is InChI=1S/C43H38N2/c1-45(33-35-16-8-3-9-17-35)41-28-24-39(25-29-41)43(38-22-26-40(27-23-38)44-32-34-14-6-2-7-15-34)31-30-42(36-18-10-4-11-19-36)37-20-12-5-13-21-37/h2-31,44H,32-33H2,1H3. The third kappa shape index (κ3) is 7.87. The molecule has 0 saturated carbocycles. The minimum absolute atomic E-state index is 0.793. The molecular weight excluding hydrogens is 544 g/mol. The van der Waals surface area contributed by atoms with Gasteiger partial charge in [-0.25, -0.2) is 0 Å². The molecule has 0 fully saturated rings. The zero-order valence-corrected chi connectivity index (χ0v) is 25.7. The zero-order chi connectivity index (χ0) is 30.7. The molecule has 1 N–H and O–H groups in total. The summed E-state index contributed by atoms with van der Waals surface area (Å²) in [6.07, 6.45) is 4.53. The van der Waals surface area contributed by atoms with E-state index in [1.54, 1.807) is 0 Å². The first-order valence-corrected chi connectivity index (χ1v) is 15.5. The van der Waals surface area contributed by atoms with Crippen LogP contribution in [0.5, 0.6) is 0 Å². The molecule has 0 saturated heterocycles. The van der Waals surface area contributed by atoms with Crippen molar-refractivity contribution in [3.8, 4) is 0 Å². The van der Waals surface area contributed by atoms with E-state index >= 15 is 0 Å². The highest BCUT2D eigenvalue weighted by Gasteiger charge is 2.09. The summed E-state index contributed by atoms with van der Waals surface area (Å²) in [5.41, 5.74) is 11.9. The zero-order valence-electron chi connectivity index (χ0n) is 25.7. The van der Waals surface area contributed by atoms with Gasteiger partial charge in [-0.1, -0.05) is 158 Å². The average molecular weight is 583 g/mol. The molecule has 6 rings (SSSR count). The largest absolute Gasteiger partial charge is 0.381 e. The number of nitrogens with zero attached hydrogens (tertiary/aromatic N) is 1. The second-order valence-corrected chi connectivity index (χ2v) is 11.2. The molecule has 0 unspecified atom stereocenters. The first kappa shape index (κ1) is 29.5. The number of hydrogen-bond acceptors (Lipinski definition) is 2. The van der Waals surface area contributed by atoms with Crippen LogP contribution in [0.25, 0.3) is 11.1 Å². The van der Waals surface area contributed by atoms with Crippen molar-refractivity contribution in [1.29, 1.82) is 0 Å². The Balaban J connectivity index is 1.34. The van der Waals surface area contributed by atoms with Crippen LogP contribution in [0.4, 0.5) is 11.4 Å². The number of anilines is 2. The van der Waals surface area contributed by atoms with Crippen molar-refractivity contribution in [3.63, 3.8) is 0 Å². The molecule has 0 aliphatic rings. The lowest BCUT2D eigenvalue weighted by atomic mass is 9.93. The number of allylic oxidation sites excluding steroid dienone is 2. The summed E-state index contributed by atoms with van der Waals surface area (Å²) >= 11 is 0. The number of nitrogens with one attached hydrogen (secondary N) is 1. The summed E-state index contributed by atoms with van der Waals surface area (Å²) in [4.78, 5) is 2.29. The molecule has 0 atom stereocenters. The summed E-state index contributed by atoms with van der Waals surface area (Å²) < 4.78 is 0. The smallest absolute Gasteiger partial charge is 0.0426 e. The van der Waals surface area contributed by atoms with E-state index in [0.29, 0.717) is 0 Å². The van der Waals surface area contributed by atoms with Crippen LogP contribution in [0.3, 0.4) is 0 Å². The maximum Gasteiger partial charge on any atom is 0.0426 e. The molecule has 2 nitrogen and oxygen atoms in total. The Labute approximate surface area is 267 Å². The minimum atomic E-state index is 0.793. The Bertz CT molecular complexity index is 1780. The van der Waals surface area contributed by atoms with E-state index in [1.165, 1.54) is 50.2 Å². The lowest BCUT2D eigenvalue weighted by Gasteiger charge is -2.20. The molecule has 0 aliphatic carbocycles. The highest BCUT2D eigenvalue weighted by molar-refractivity contribution is 5.86. The normalized spacial score (nSPS) is 11.1. The van der Waals surface area contributed by atoms with Gasteiger partial charge in [-0.15, -0.1) is 0 Å². The first-order chi connectivity index (χ1) is 22.2. The molecule has 0 heterocycles. The minimum Gasteiger partial charge on any atom is -0.381 e. The Morgan fingerprint density at radius 3 is 1.36 bits per heavy atom. The van der Waals surface area contributed by atoms with Crippen LogP contribution in [0.15, 0.2) is 182 Å². The fraction of sp³-hybridized carbons (Fsp3) is 0.0698. The van der Waals surface area contributed by atoms with Crippen molar-refractivity contribution < 1.29 is 0 Å². The average Bonchev–Trinajstić information content (AvgIpc) is 3.11. The molecule has 0 aliphatic heterocycles. The fourth-order valence-corrected chi connectivity index (χ4v) is 5.53. The van der Waals surface area contributed by atoms with Gasteiger partial charge in [0.2, 0.25) is 0 Å². The number of hydrogen-bond donors (Lipinski definition) is 1. The van der Waals surface area contributed by atoms with Crippen LogP contribution in [0, 0.1) is 0 Å². The summed E-state index contributed by atoms with van der Waals surface area (Å²) in [6, 6.07) is 60.0. The Morgan fingerprint density at radius 2 is 0.867 bits per heavy atom. The third-order valence-electron chi connectivity index (χ3n) is 8.00. The Hall–Kier alpha value is -5.60. The quantitative estimate of drug-likeness (QED) is 0.153. The van der Waals surface area contributed by atoms with Crippen LogP contribution >= 0.6 is 0 Å². The van der Waals surface area contributed by atoms with Gasteiger partial charge in [0.05, 0.1) is 0 Å². The Kier molecular flexibility index (Phi) is 9.64. The van der Waals surface area contributed by atoms with Crippen molar-refractivity contribution in [2.75, 3.05) is 17.3 Å². The molecule has 6 aromatic rings. The van der Waals surface area contributed by atoms with E-state index in [2.05, 4.69) is 199 Å². The van der Waals surface area contributed by atoms with E-state index in [9.17, 15) is 0 Å². The highest BCUT2D eigenvalue weighted by atomic mass is 15.1. The van der Waals surface area contributed by atoms with Crippen LogP contribution in [0.1, 0.15) is 33.4 Å².